The highest BCUT2D eigenvalue weighted by Gasteiger charge is 2.15. The molecule has 2 aromatic rings. The average Bonchev–Trinajstić information content (AvgIpc) is 2.60. The number of halogens is 1. The van der Waals surface area contributed by atoms with Gasteiger partial charge in [0.25, 0.3) is 5.91 Å². The van der Waals surface area contributed by atoms with Gasteiger partial charge in [-0.25, -0.2) is 9.18 Å². The van der Waals surface area contributed by atoms with Crippen LogP contribution < -0.4 is 10.6 Å². The first kappa shape index (κ1) is 20.4. The number of amides is 2. The molecule has 0 spiro atoms. The predicted octanol–water partition coefficient (Wildman–Crippen LogP) is 3.82. The molecule has 0 radical (unpaired) electrons. The number of rotatable bonds is 6. The van der Waals surface area contributed by atoms with Crippen molar-refractivity contribution in [2.45, 2.75) is 39.3 Å². The molecule has 2 aromatic carbocycles. The van der Waals surface area contributed by atoms with Crippen LogP contribution >= 0.6 is 0 Å². The first-order chi connectivity index (χ1) is 12.7. The molecule has 2 N–H and O–H groups in total. The Morgan fingerprint density at radius 1 is 0.926 bits per heavy atom. The molecule has 0 saturated heterocycles. The van der Waals surface area contributed by atoms with Gasteiger partial charge < -0.3 is 15.4 Å². The largest absolute Gasteiger partial charge is 0.444 e. The molecule has 0 bridgehead atoms. The minimum Gasteiger partial charge on any atom is -0.444 e. The highest BCUT2D eigenvalue weighted by atomic mass is 19.1. The van der Waals surface area contributed by atoms with Gasteiger partial charge in [-0.05, 0) is 62.6 Å². The maximum Gasteiger partial charge on any atom is 0.407 e. The van der Waals surface area contributed by atoms with Crippen molar-refractivity contribution in [3.63, 3.8) is 0 Å². The van der Waals surface area contributed by atoms with Gasteiger partial charge in [0.2, 0.25) is 0 Å². The van der Waals surface area contributed by atoms with Crippen molar-refractivity contribution in [2.24, 2.45) is 0 Å². The molecular weight excluding hydrogens is 347 g/mol. The third-order valence-corrected chi connectivity index (χ3v) is 3.66. The molecule has 6 heteroatoms. The van der Waals surface area contributed by atoms with Gasteiger partial charge in [0.1, 0.15) is 11.4 Å². The summed E-state index contributed by atoms with van der Waals surface area (Å²) in [5.74, 6) is -0.451. The number of carbonyl (C=O) groups excluding carboxylic acids is 2. The van der Waals surface area contributed by atoms with Crippen molar-refractivity contribution < 1.29 is 18.7 Å². The van der Waals surface area contributed by atoms with Crippen molar-refractivity contribution in [3.8, 4) is 0 Å². The van der Waals surface area contributed by atoms with Gasteiger partial charge in [-0.1, -0.05) is 24.3 Å². The number of carbonyl (C=O) groups is 2. The molecule has 27 heavy (non-hydrogen) atoms. The minimum absolute atomic E-state index is 0.177. The summed E-state index contributed by atoms with van der Waals surface area (Å²) in [6, 6.07) is 13.2. The van der Waals surface area contributed by atoms with Crippen LogP contribution in [0.5, 0.6) is 0 Å². The fourth-order valence-electron chi connectivity index (χ4n) is 2.34. The van der Waals surface area contributed by atoms with Crippen molar-refractivity contribution in [2.75, 3.05) is 6.54 Å². The molecule has 0 aliphatic rings. The van der Waals surface area contributed by atoms with Crippen molar-refractivity contribution in [3.05, 3.63) is 71.0 Å². The van der Waals surface area contributed by atoms with Gasteiger partial charge in [-0.2, -0.15) is 0 Å². The second-order valence-corrected chi connectivity index (χ2v) is 7.18. The summed E-state index contributed by atoms with van der Waals surface area (Å²) < 4.78 is 18.0. The van der Waals surface area contributed by atoms with E-state index in [1.165, 1.54) is 12.1 Å². The summed E-state index contributed by atoms with van der Waals surface area (Å²) in [5, 5.41) is 5.51. The number of ether oxygens (including phenoxy) is 1. The molecule has 0 heterocycles. The molecule has 0 atom stereocenters. The first-order valence-corrected chi connectivity index (χ1v) is 8.81. The third-order valence-electron chi connectivity index (χ3n) is 3.66. The summed E-state index contributed by atoms with van der Waals surface area (Å²) >= 11 is 0. The Kier molecular flexibility index (Phi) is 6.93. The number of hydrogen-bond donors (Lipinski definition) is 2. The molecule has 2 amide bonds. The Morgan fingerprint density at radius 2 is 1.52 bits per heavy atom. The molecule has 0 saturated carbocycles. The summed E-state index contributed by atoms with van der Waals surface area (Å²) in [6.45, 7) is 6.19. The van der Waals surface area contributed by atoms with Gasteiger partial charge >= 0.3 is 6.09 Å². The van der Waals surface area contributed by atoms with Gasteiger partial charge in [0, 0.05) is 18.7 Å². The Balaban J connectivity index is 1.77. The molecule has 144 valence electrons. The quantitative estimate of drug-likeness (QED) is 0.810. The molecule has 0 aromatic heterocycles. The Bertz CT molecular complexity index is 766. The molecule has 0 aliphatic heterocycles. The van der Waals surface area contributed by atoms with Crippen molar-refractivity contribution >= 4 is 12.0 Å². The Labute approximate surface area is 158 Å². The second kappa shape index (κ2) is 9.16. The van der Waals surface area contributed by atoms with Crippen LogP contribution in [-0.4, -0.2) is 24.1 Å². The molecule has 0 unspecified atom stereocenters. The monoisotopic (exact) mass is 372 g/mol. The van der Waals surface area contributed by atoms with E-state index in [0.717, 1.165) is 11.1 Å². The summed E-state index contributed by atoms with van der Waals surface area (Å²) in [5.41, 5.74) is 1.82. The first-order valence-electron chi connectivity index (χ1n) is 8.81. The van der Waals surface area contributed by atoms with Crippen LogP contribution in [0.15, 0.2) is 48.5 Å². The fraction of sp³-hybridized carbons (Fsp3) is 0.333. The topological polar surface area (TPSA) is 67.4 Å². The van der Waals surface area contributed by atoms with Gasteiger partial charge in [0.05, 0.1) is 0 Å². The normalized spacial score (nSPS) is 11.0. The lowest BCUT2D eigenvalue weighted by atomic mass is 10.1. The number of nitrogens with one attached hydrogen (secondary N) is 2. The lowest BCUT2D eigenvalue weighted by Gasteiger charge is -2.19. The van der Waals surface area contributed by atoms with E-state index >= 15 is 0 Å². The molecule has 0 fully saturated rings. The number of hydrogen-bond acceptors (Lipinski definition) is 3. The van der Waals surface area contributed by atoms with Crippen LogP contribution in [0.1, 0.15) is 42.3 Å². The highest BCUT2D eigenvalue weighted by Crippen LogP contribution is 2.08. The zero-order valence-electron chi connectivity index (χ0n) is 15.8. The molecule has 2 rings (SSSR count). The van der Waals surface area contributed by atoms with Crippen LogP contribution in [0.3, 0.4) is 0 Å². The fourth-order valence-corrected chi connectivity index (χ4v) is 2.34. The lowest BCUT2D eigenvalue weighted by molar-refractivity contribution is 0.0523. The Morgan fingerprint density at radius 3 is 2.11 bits per heavy atom. The van der Waals surface area contributed by atoms with Crippen LogP contribution in [0.25, 0.3) is 0 Å². The maximum absolute atomic E-state index is 12.9. The van der Waals surface area contributed by atoms with E-state index in [0.29, 0.717) is 25.1 Å². The number of alkyl carbamates (subject to hydrolysis) is 1. The zero-order valence-corrected chi connectivity index (χ0v) is 15.8. The van der Waals surface area contributed by atoms with E-state index in [1.54, 1.807) is 57.2 Å². The van der Waals surface area contributed by atoms with E-state index < -0.39 is 11.7 Å². The van der Waals surface area contributed by atoms with Crippen molar-refractivity contribution in [1.29, 1.82) is 0 Å². The van der Waals surface area contributed by atoms with Crippen LogP contribution in [-0.2, 0) is 17.7 Å². The highest BCUT2D eigenvalue weighted by molar-refractivity contribution is 5.94. The smallest absolute Gasteiger partial charge is 0.407 e. The van der Waals surface area contributed by atoms with Crippen molar-refractivity contribution in [1.82, 2.24) is 10.6 Å². The summed E-state index contributed by atoms with van der Waals surface area (Å²) in [7, 11) is 0. The SMILES string of the molecule is CC(C)(C)OC(=O)NCc1ccc(C(=O)NCCc2ccc(F)cc2)cc1. The lowest BCUT2D eigenvalue weighted by Crippen LogP contribution is -2.32. The van der Waals surface area contributed by atoms with E-state index in [4.69, 9.17) is 4.74 Å². The van der Waals surface area contributed by atoms with Gasteiger partial charge in [-0.15, -0.1) is 0 Å². The predicted molar refractivity (Wildman–Crippen MR) is 102 cm³/mol. The Hall–Kier alpha value is -2.89. The van der Waals surface area contributed by atoms with Crippen LogP contribution in [0, 0.1) is 5.82 Å². The zero-order chi connectivity index (χ0) is 19.9. The average molecular weight is 372 g/mol. The van der Waals surface area contributed by atoms with E-state index in [-0.39, 0.29) is 11.7 Å². The number of benzene rings is 2. The summed E-state index contributed by atoms with van der Waals surface area (Å²) in [6.07, 6.45) is 0.148. The summed E-state index contributed by atoms with van der Waals surface area (Å²) in [4.78, 5) is 23.8. The maximum atomic E-state index is 12.9. The van der Waals surface area contributed by atoms with Gasteiger partial charge in [0.15, 0.2) is 0 Å². The van der Waals surface area contributed by atoms with E-state index in [9.17, 15) is 14.0 Å². The van der Waals surface area contributed by atoms with Crippen LogP contribution in [0.4, 0.5) is 9.18 Å². The molecule has 5 nitrogen and oxygen atoms in total. The van der Waals surface area contributed by atoms with E-state index in [1.807, 2.05) is 0 Å². The third kappa shape index (κ3) is 7.48. The minimum atomic E-state index is -0.542. The van der Waals surface area contributed by atoms with E-state index in [2.05, 4.69) is 10.6 Å². The second-order valence-electron chi connectivity index (χ2n) is 7.18. The van der Waals surface area contributed by atoms with Gasteiger partial charge in [-0.3, -0.25) is 4.79 Å². The standard InChI is InChI=1S/C21H25FN2O3/c1-21(2,3)27-20(26)24-14-16-4-8-17(9-5-16)19(25)23-13-12-15-6-10-18(22)11-7-15/h4-11H,12-14H2,1-3H3,(H,23,25)(H,24,26). The molecular formula is C21H25FN2O3. The van der Waals surface area contributed by atoms with Crippen LogP contribution in [0.2, 0.25) is 0 Å². The molecule has 0 aliphatic carbocycles.